The number of hydrogen-bond acceptors (Lipinski definition) is 3. The molecule has 0 aliphatic carbocycles. The van der Waals surface area contributed by atoms with Crippen LogP contribution < -0.4 is 10.1 Å². The summed E-state index contributed by atoms with van der Waals surface area (Å²) in [6.45, 7) is 3.64. The molecule has 0 spiro atoms. The van der Waals surface area contributed by atoms with Crippen LogP contribution in [0.2, 0.25) is 0 Å². The highest BCUT2D eigenvalue weighted by Crippen LogP contribution is 2.25. The second-order valence-corrected chi connectivity index (χ2v) is 5.35. The molecule has 0 saturated carbocycles. The van der Waals surface area contributed by atoms with Crippen molar-refractivity contribution in [3.05, 3.63) is 28.2 Å². The van der Waals surface area contributed by atoms with E-state index in [9.17, 15) is 9.59 Å². The number of carbonyl (C=O) groups is 2. The Morgan fingerprint density at radius 3 is 2.70 bits per heavy atom. The summed E-state index contributed by atoms with van der Waals surface area (Å²) in [6, 6.07) is 5.19. The van der Waals surface area contributed by atoms with Gasteiger partial charge in [-0.1, -0.05) is 13.0 Å². The molecule has 110 valence electrons. The average molecular weight is 344 g/mol. The molecule has 0 radical (unpaired) electrons. The molecular formula is C14H18BrNO4. The van der Waals surface area contributed by atoms with Crippen LogP contribution in [0.4, 0.5) is 0 Å². The molecule has 0 bridgehead atoms. The minimum Gasteiger partial charge on any atom is -0.483 e. The van der Waals surface area contributed by atoms with Crippen LogP contribution in [0.25, 0.3) is 0 Å². The number of rotatable bonds is 7. The first-order valence-corrected chi connectivity index (χ1v) is 7.11. The molecule has 0 aromatic heterocycles. The normalized spacial score (nSPS) is 11.8. The quantitative estimate of drug-likeness (QED) is 0.797. The molecule has 1 amide bonds. The maximum Gasteiger partial charge on any atom is 0.305 e. The summed E-state index contributed by atoms with van der Waals surface area (Å²) in [7, 11) is 0. The first-order valence-electron chi connectivity index (χ1n) is 6.32. The van der Waals surface area contributed by atoms with Crippen molar-refractivity contribution in [3.63, 3.8) is 0 Å². The molecule has 6 heteroatoms. The highest BCUT2D eigenvalue weighted by atomic mass is 79.9. The van der Waals surface area contributed by atoms with E-state index < -0.39 is 5.97 Å². The summed E-state index contributed by atoms with van der Waals surface area (Å²) in [5.41, 5.74) is 1.08. The fourth-order valence-corrected chi connectivity index (χ4v) is 2.25. The molecule has 0 saturated heterocycles. The predicted molar refractivity (Wildman–Crippen MR) is 78.8 cm³/mol. The van der Waals surface area contributed by atoms with Gasteiger partial charge in [-0.25, -0.2) is 0 Å². The Hall–Kier alpha value is -1.56. The SMILES string of the molecule is CCC(CC(=O)O)NC(=O)COc1ccc(C)cc1Br. The zero-order valence-electron chi connectivity index (χ0n) is 11.5. The maximum absolute atomic E-state index is 11.7. The van der Waals surface area contributed by atoms with Crippen LogP contribution in [0.5, 0.6) is 5.75 Å². The van der Waals surface area contributed by atoms with Gasteiger partial charge in [0, 0.05) is 6.04 Å². The van der Waals surface area contributed by atoms with Crippen molar-refractivity contribution in [1.82, 2.24) is 5.32 Å². The van der Waals surface area contributed by atoms with Gasteiger partial charge in [-0.2, -0.15) is 0 Å². The third-order valence-electron chi connectivity index (χ3n) is 2.73. The lowest BCUT2D eigenvalue weighted by Gasteiger charge is -2.15. The minimum absolute atomic E-state index is 0.0868. The highest BCUT2D eigenvalue weighted by molar-refractivity contribution is 9.10. The van der Waals surface area contributed by atoms with Crippen molar-refractivity contribution in [2.45, 2.75) is 32.7 Å². The third kappa shape index (κ3) is 5.61. The summed E-state index contributed by atoms with van der Waals surface area (Å²) in [4.78, 5) is 22.3. The van der Waals surface area contributed by atoms with E-state index in [1.807, 2.05) is 26.0 Å². The van der Waals surface area contributed by atoms with Crippen LogP contribution in [0, 0.1) is 6.92 Å². The molecule has 0 fully saturated rings. The molecule has 0 aliphatic heterocycles. The van der Waals surface area contributed by atoms with Gasteiger partial charge >= 0.3 is 5.97 Å². The lowest BCUT2D eigenvalue weighted by atomic mass is 10.1. The summed E-state index contributed by atoms with van der Waals surface area (Å²) in [5.74, 6) is -0.679. The molecule has 20 heavy (non-hydrogen) atoms. The van der Waals surface area contributed by atoms with E-state index in [0.29, 0.717) is 12.2 Å². The number of carboxylic acid groups (broad SMARTS) is 1. The molecule has 1 unspecified atom stereocenters. The zero-order valence-corrected chi connectivity index (χ0v) is 13.1. The number of amides is 1. The number of hydrogen-bond donors (Lipinski definition) is 2. The second-order valence-electron chi connectivity index (χ2n) is 4.49. The van der Waals surface area contributed by atoms with E-state index in [-0.39, 0.29) is 25.0 Å². The molecule has 0 heterocycles. The maximum atomic E-state index is 11.7. The molecule has 1 rings (SSSR count). The van der Waals surface area contributed by atoms with Gasteiger partial charge in [-0.3, -0.25) is 9.59 Å². The van der Waals surface area contributed by atoms with E-state index >= 15 is 0 Å². The average Bonchev–Trinajstić information content (AvgIpc) is 2.36. The zero-order chi connectivity index (χ0) is 15.1. The van der Waals surface area contributed by atoms with Gasteiger partial charge in [0.15, 0.2) is 6.61 Å². The Labute approximate surface area is 126 Å². The Bertz CT molecular complexity index is 490. The van der Waals surface area contributed by atoms with Gasteiger partial charge < -0.3 is 15.2 Å². The Kier molecular flexibility index (Phi) is 6.51. The predicted octanol–water partition coefficient (Wildman–Crippen LogP) is 2.51. The molecule has 1 aromatic carbocycles. The molecule has 1 atom stereocenters. The molecule has 5 nitrogen and oxygen atoms in total. The van der Waals surface area contributed by atoms with Gasteiger partial charge in [0.25, 0.3) is 5.91 Å². The summed E-state index contributed by atoms with van der Waals surface area (Å²) >= 11 is 3.36. The van der Waals surface area contributed by atoms with Gasteiger partial charge in [-0.05, 0) is 47.0 Å². The fraction of sp³-hybridized carbons (Fsp3) is 0.429. The van der Waals surface area contributed by atoms with E-state index in [1.54, 1.807) is 6.07 Å². The van der Waals surface area contributed by atoms with Gasteiger partial charge in [0.1, 0.15) is 5.75 Å². The van der Waals surface area contributed by atoms with Crippen molar-refractivity contribution in [1.29, 1.82) is 0 Å². The van der Waals surface area contributed by atoms with Crippen LogP contribution in [-0.4, -0.2) is 29.6 Å². The number of carboxylic acids is 1. The van der Waals surface area contributed by atoms with Crippen molar-refractivity contribution in [3.8, 4) is 5.75 Å². The first-order chi connectivity index (χ1) is 9.42. The number of benzene rings is 1. The number of nitrogens with one attached hydrogen (secondary N) is 1. The van der Waals surface area contributed by atoms with E-state index in [2.05, 4.69) is 21.2 Å². The molecular weight excluding hydrogens is 326 g/mol. The summed E-state index contributed by atoms with van der Waals surface area (Å²) < 4.78 is 6.18. The largest absolute Gasteiger partial charge is 0.483 e. The molecule has 0 aliphatic rings. The van der Waals surface area contributed by atoms with E-state index in [1.165, 1.54) is 0 Å². The lowest BCUT2D eigenvalue weighted by molar-refractivity contribution is -0.137. The Morgan fingerprint density at radius 2 is 2.15 bits per heavy atom. The van der Waals surface area contributed by atoms with Crippen LogP contribution in [0.15, 0.2) is 22.7 Å². The number of halogens is 1. The highest BCUT2D eigenvalue weighted by Gasteiger charge is 2.14. The number of aryl methyl sites for hydroxylation is 1. The second kappa shape index (κ2) is 7.89. The lowest BCUT2D eigenvalue weighted by Crippen LogP contribution is -2.38. The van der Waals surface area contributed by atoms with Crippen LogP contribution in [-0.2, 0) is 9.59 Å². The van der Waals surface area contributed by atoms with Crippen molar-refractivity contribution >= 4 is 27.8 Å². The number of aliphatic carboxylic acids is 1. The molecule has 2 N–H and O–H groups in total. The van der Waals surface area contributed by atoms with E-state index in [0.717, 1.165) is 10.0 Å². The third-order valence-corrected chi connectivity index (χ3v) is 3.34. The Morgan fingerprint density at radius 1 is 1.45 bits per heavy atom. The minimum atomic E-state index is -0.931. The monoisotopic (exact) mass is 343 g/mol. The van der Waals surface area contributed by atoms with Crippen molar-refractivity contribution < 1.29 is 19.4 Å². The number of carbonyl (C=O) groups excluding carboxylic acids is 1. The first kappa shape index (κ1) is 16.5. The van der Waals surface area contributed by atoms with Gasteiger partial charge in [0.2, 0.25) is 0 Å². The Balaban J connectivity index is 2.48. The molecule has 1 aromatic rings. The summed E-state index contributed by atoms with van der Waals surface area (Å²) in [5, 5.41) is 11.3. The fourth-order valence-electron chi connectivity index (χ4n) is 1.64. The van der Waals surface area contributed by atoms with Gasteiger partial charge in [0.05, 0.1) is 10.9 Å². The van der Waals surface area contributed by atoms with Crippen LogP contribution >= 0.6 is 15.9 Å². The van der Waals surface area contributed by atoms with Crippen molar-refractivity contribution in [2.75, 3.05) is 6.61 Å². The van der Waals surface area contributed by atoms with Crippen LogP contribution in [0.3, 0.4) is 0 Å². The smallest absolute Gasteiger partial charge is 0.305 e. The topological polar surface area (TPSA) is 75.6 Å². The summed E-state index contributed by atoms with van der Waals surface area (Å²) in [6.07, 6.45) is 0.475. The van der Waals surface area contributed by atoms with Gasteiger partial charge in [-0.15, -0.1) is 0 Å². The van der Waals surface area contributed by atoms with Crippen molar-refractivity contribution in [2.24, 2.45) is 0 Å². The van der Waals surface area contributed by atoms with Crippen LogP contribution in [0.1, 0.15) is 25.3 Å². The standard InChI is InChI=1S/C14H18BrNO4/c1-3-10(7-14(18)19)16-13(17)8-20-12-5-4-9(2)6-11(12)15/h4-6,10H,3,7-8H2,1-2H3,(H,16,17)(H,18,19). The number of ether oxygens (including phenoxy) is 1. The van der Waals surface area contributed by atoms with E-state index in [4.69, 9.17) is 9.84 Å².